The molecule has 1 rings (SSSR count). The third kappa shape index (κ3) is 2.70. The summed E-state index contributed by atoms with van der Waals surface area (Å²) in [5.74, 6) is -0.425. The van der Waals surface area contributed by atoms with Crippen LogP contribution in [0.4, 0.5) is 0 Å². The molecule has 6 nitrogen and oxygen atoms in total. The Labute approximate surface area is 94.7 Å². The van der Waals surface area contributed by atoms with Gasteiger partial charge >= 0.3 is 0 Å². The van der Waals surface area contributed by atoms with Crippen molar-refractivity contribution in [3.8, 4) is 0 Å². The van der Waals surface area contributed by atoms with Crippen molar-refractivity contribution in [1.82, 2.24) is 10.6 Å². The van der Waals surface area contributed by atoms with Crippen molar-refractivity contribution in [2.75, 3.05) is 13.2 Å². The van der Waals surface area contributed by atoms with E-state index in [9.17, 15) is 15.0 Å². The molecule has 0 bridgehead atoms. The molecule has 1 aliphatic heterocycles. The van der Waals surface area contributed by atoms with Crippen molar-refractivity contribution in [2.45, 2.75) is 38.1 Å². The highest BCUT2D eigenvalue weighted by Gasteiger charge is 2.41. The van der Waals surface area contributed by atoms with Crippen LogP contribution in [0, 0.1) is 5.92 Å². The smallest absolute Gasteiger partial charge is 0.217 e. The third-order valence-electron chi connectivity index (χ3n) is 3.14. The van der Waals surface area contributed by atoms with Gasteiger partial charge in [-0.15, -0.1) is 0 Å². The van der Waals surface area contributed by atoms with Gasteiger partial charge in [0.05, 0.1) is 37.4 Å². The van der Waals surface area contributed by atoms with E-state index >= 15 is 0 Å². The highest BCUT2D eigenvalue weighted by Crippen LogP contribution is 2.21. The number of amides is 1. The minimum atomic E-state index is -0.746. The Hall–Kier alpha value is -0.690. The molecule has 1 fully saturated rings. The quantitative estimate of drug-likeness (QED) is 0.380. The van der Waals surface area contributed by atoms with E-state index in [1.54, 1.807) is 6.92 Å². The Morgan fingerprint density at radius 3 is 2.31 bits per heavy atom. The van der Waals surface area contributed by atoms with E-state index in [1.165, 1.54) is 6.92 Å². The number of aliphatic hydroxyl groups is 3. The summed E-state index contributed by atoms with van der Waals surface area (Å²) in [4.78, 5) is 11.0. The molecule has 6 heteroatoms. The molecule has 5 unspecified atom stereocenters. The molecule has 1 saturated heterocycles. The van der Waals surface area contributed by atoms with Gasteiger partial charge in [-0.1, -0.05) is 6.92 Å². The van der Waals surface area contributed by atoms with Crippen molar-refractivity contribution in [1.29, 1.82) is 0 Å². The predicted molar refractivity (Wildman–Crippen MR) is 57.7 cm³/mol. The van der Waals surface area contributed by atoms with Crippen molar-refractivity contribution in [3.63, 3.8) is 0 Å². The Bertz CT molecular complexity index is 247. The number of hydrogen-bond donors (Lipinski definition) is 5. The molecule has 94 valence electrons. The number of hydrogen-bond acceptors (Lipinski definition) is 5. The summed E-state index contributed by atoms with van der Waals surface area (Å²) >= 11 is 0. The van der Waals surface area contributed by atoms with Gasteiger partial charge in [-0.2, -0.15) is 0 Å². The first-order valence-corrected chi connectivity index (χ1v) is 5.44. The Morgan fingerprint density at radius 2 is 1.88 bits per heavy atom. The van der Waals surface area contributed by atoms with Gasteiger partial charge in [0.2, 0.25) is 5.91 Å². The summed E-state index contributed by atoms with van der Waals surface area (Å²) in [5.41, 5.74) is 0. The molecule has 0 aromatic rings. The van der Waals surface area contributed by atoms with E-state index in [0.717, 1.165) is 0 Å². The van der Waals surface area contributed by atoms with Crippen LogP contribution in [0.3, 0.4) is 0 Å². The lowest BCUT2D eigenvalue weighted by Crippen LogP contribution is -2.67. The Kier molecular flexibility index (Phi) is 4.67. The second-order valence-electron chi connectivity index (χ2n) is 4.32. The molecule has 5 N–H and O–H groups in total. The lowest BCUT2D eigenvalue weighted by molar-refractivity contribution is -0.121. The summed E-state index contributed by atoms with van der Waals surface area (Å²) in [7, 11) is 0. The summed E-state index contributed by atoms with van der Waals surface area (Å²) in [6, 6.07) is -1.14. The molecule has 1 heterocycles. The minimum absolute atomic E-state index is 0.154. The number of aliphatic hydroxyl groups excluding tert-OH is 3. The fraction of sp³-hybridized carbons (Fsp3) is 0.900. The first-order chi connectivity index (χ1) is 7.51. The lowest BCUT2D eigenvalue weighted by atomic mass is 9.82. The Balaban J connectivity index is 2.77. The normalized spacial score (nSPS) is 39.4. The fourth-order valence-corrected chi connectivity index (χ4v) is 2.22. The molecule has 0 saturated carbocycles. The SMILES string of the molecule is CC(=O)NC1C(CO)NC(CO)C(O)C1C. The molecule has 5 atom stereocenters. The second kappa shape index (κ2) is 5.58. The summed E-state index contributed by atoms with van der Waals surface area (Å²) in [5, 5.41) is 33.8. The van der Waals surface area contributed by atoms with Crippen molar-refractivity contribution in [2.24, 2.45) is 5.92 Å². The van der Waals surface area contributed by atoms with E-state index in [1.807, 2.05) is 0 Å². The maximum absolute atomic E-state index is 11.0. The third-order valence-corrected chi connectivity index (χ3v) is 3.14. The highest BCUT2D eigenvalue weighted by atomic mass is 16.3. The molecule has 1 amide bonds. The monoisotopic (exact) mass is 232 g/mol. The van der Waals surface area contributed by atoms with Crippen LogP contribution < -0.4 is 10.6 Å². The first kappa shape index (κ1) is 13.4. The van der Waals surface area contributed by atoms with Gasteiger partial charge in [0.25, 0.3) is 0 Å². The van der Waals surface area contributed by atoms with E-state index in [-0.39, 0.29) is 37.1 Å². The van der Waals surface area contributed by atoms with Gasteiger partial charge in [0, 0.05) is 12.8 Å². The van der Waals surface area contributed by atoms with Crippen molar-refractivity contribution < 1.29 is 20.1 Å². The number of carbonyl (C=O) groups excluding carboxylic acids is 1. The van der Waals surface area contributed by atoms with Gasteiger partial charge in [-0.25, -0.2) is 0 Å². The maximum Gasteiger partial charge on any atom is 0.217 e. The molecule has 0 aromatic heterocycles. The van der Waals surface area contributed by atoms with E-state index in [4.69, 9.17) is 5.11 Å². The molecule has 0 spiro atoms. The average molecular weight is 232 g/mol. The van der Waals surface area contributed by atoms with Crippen LogP contribution in [0.15, 0.2) is 0 Å². The van der Waals surface area contributed by atoms with E-state index < -0.39 is 12.1 Å². The van der Waals surface area contributed by atoms with Crippen LogP contribution >= 0.6 is 0 Å². The van der Waals surface area contributed by atoms with Gasteiger partial charge in [0.1, 0.15) is 0 Å². The second-order valence-corrected chi connectivity index (χ2v) is 4.32. The van der Waals surface area contributed by atoms with Gasteiger partial charge in [-0.05, 0) is 0 Å². The largest absolute Gasteiger partial charge is 0.395 e. The molecule has 1 aliphatic rings. The van der Waals surface area contributed by atoms with E-state index in [0.29, 0.717) is 0 Å². The van der Waals surface area contributed by atoms with Crippen molar-refractivity contribution in [3.05, 3.63) is 0 Å². The molecule has 0 aliphatic carbocycles. The lowest BCUT2D eigenvalue weighted by Gasteiger charge is -2.44. The van der Waals surface area contributed by atoms with Crippen LogP contribution in [0.5, 0.6) is 0 Å². The summed E-state index contributed by atoms with van der Waals surface area (Å²) in [6.45, 7) is 2.83. The zero-order chi connectivity index (χ0) is 12.3. The zero-order valence-electron chi connectivity index (χ0n) is 9.55. The number of carbonyl (C=O) groups is 1. The predicted octanol–water partition coefficient (Wildman–Crippen LogP) is -2.19. The van der Waals surface area contributed by atoms with Gasteiger partial charge in [0.15, 0.2) is 0 Å². The van der Waals surface area contributed by atoms with E-state index in [2.05, 4.69) is 10.6 Å². The topological polar surface area (TPSA) is 102 Å². The van der Waals surface area contributed by atoms with Crippen LogP contribution in [-0.2, 0) is 4.79 Å². The zero-order valence-corrected chi connectivity index (χ0v) is 9.55. The first-order valence-electron chi connectivity index (χ1n) is 5.44. The average Bonchev–Trinajstić information content (AvgIpc) is 2.25. The van der Waals surface area contributed by atoms with Crippen LogP contribution in [0.2, 0.25) is 0 Å². The summed E-state index contributed by atoms with van der Waals surface area (Å²) < 4.78 is 0. The molecule has 16 heavy (non-hydrogen) atoms. The number of rotatable bonds is 3. The van der Waals surface area contributed by atoms with Crippen LogP contribution in [0.1, 0.15) is 13.8 Å². The summed E-state index contributed by atoms with van der Waals surface area (Å²) in [6.07, 6.45) is -0.746. The van der Waals surface area contributed by atoms with Gasteiger partial charge < -0.3 is 26.0 Å². The standard InChI is InChI=1S/C10H20N2O4/c1-5-9(11-6(2)15)7(3-13)12-8(4-14)10(5)16/h5,7-10,12-14,16H,3-4H2,1-2H3,(H,11,15). The highest BCUT2D eigenvalue weighted by molar-refractivity contribution is 5.73. The molecule has 0 aromatic carbocycles. The van der Waals surface area contributed by atoms with Crippen LogP contribution in [0.25, 0.3) is 0 Å². The number of nitrogens with one attached hydrogen (secondary N) is 2. The van der Waals surface area contributed by atoms with Gasteiger partial charge in [-0.3, -0.25) is 4.79 Å². The fourth-order valence-electron chi connectivity index (χ4n) is 2.22. The van der Waals surface area contributed by atoms with Crippen LogP contribution in [-0.4, -0.2) is 58.7 Å². The maximum atomic E-state index is 11.0. The molecular formula is C10H20N2O4. The molecule has 0 radical (unpaired) electrons. The minimum Gasteiger partial charge on any atom is -0.395 e. The van der Waals surface area contributed by atoms with Crippen molar-refractivity contribution >= 4 is 5.91 Å². The number of piperidine rings is 1. The Morgan fingerprint density at radius 1 is 1.31 bits per heavy atom. The molecular weight excluding hydrogens is 212 g/mol.